The van der Waals surface area contributed by atoms with Gasteiger partial charge in [0.15, 0.2) is 5.43 Å². The second-order valence-corrected chi connectivity index (χ2v) is 7.56. The van der Waals surface area contributed by atoms with Crippen LogP contribution in [0.1, 0.15) is 21.8 Å². The average Bonchev–Trinajstić information content (AvgIpc) is 3.11. The molecule has 1 saturated heterocycles. The topological polar surface area (TPSA) is 99.8 Å². The fraction of sp³-hybridized carbons (Fsp3) is 0.227. The minimum absolute atomic E-state index is 0.0160. The summed E-state index contributed by atoms with van der Waals surface area (Å²) in [5.41, 5.74) is 3.45. The van der Waals surface area contributed by atoms with Gasteiger partial charge < -0.3 is 19.7 Å². The Bertz CT molecular complexity index is 1220. The lowest BCUT2D eigenvalue weighted by atomic mass is 9.86. The van der Waals surface area contributed by atoms with E-state index in [1.165, 1.54) is 17.2 Å². The molecular weight excluding hydrogens is 372 g/mol. The van der Waals surface area contributed by atoms with E-state index < -0.39 is 6.09 Å². The standard InChI is InChI=1S/C22H18N2O5/c25-19-5-6-29-20-4-2-13(8-17(19)20)12-1-3-15-16(7-12)21(26)23-9-14-10-24(22(27)28)11-18(14)15/h1-8,14,18H,9-11H2,(H,23,26)(H,27,28)/t14-,18-/m0/s1. The SMILES string of the molecule is O=C1NC[C@H]2CN(C(=O)O)C[C@@H]2c2ccc(-c3ccc4occc(=O)c4c3)cc21. The van der Waals surface area contributed by atoms with Gasteiger partial charge in [0.2, 0.25) is 0 Å². The van der Waals surface area contributed by atoms with E-state index in [4.69, 9.17) is 4.42 Å². The molecule has 7 heteroatoms. The zero-order valence-corrected chi connectivity index (χ0v) is 15.4. The molecular formula is C22H18N2O5. The largest absolute Gasteiger partial charge is 0.465 e. The second kappa shape index (κ2) is 6.48. The van der Waals surface area contributed by atoms with Gasteiger partial charge in [-0.15, -0.1) is 0 Å². The zero-order chi connectivity index (χ0) is 20.1. The van der Waals surface area contributed by atoms with Crippen molar-refractivity contribution in [3.8, 4) is 11.1 Å². The molecule has 29 heavy (non-hydrogen) atoms. The first-order valence-corrected chi connectivity index (χ1v) is 9.43. The van der Waals surface area contributed by atoms with Gasteiger partial charge in [-0.1, -0.05) is 18.2 Å². The highest BCUT2D eigenvalue weighted by Crippen LogP contribution is 2.37. The normalized spacial score (nSPS) is 20.7. The lowest BCUT2D eigenvalue weighted by Crippen LogP contribution is -2.31. The predicted octanol–water partition coefficient (Wildman–Crippen LogP) is 2.90. The van der Waals surface area contributed by atoms with Gasteiger partial charge >= 0.3 is 6.09 Å². The van der Waals surface area contributed by atoms with Gasteiger partial charge in [0.05, 0.1) is 11.6 Å². The maximum absolute atomic E-state index is 12.7. The molecule has 2 aliphatic heterocycles. The first-order valence-electron chi connectivity index (χ1n) is 9.43. The van der Waals surface area contributed by atoms with Gasteiger partial charge in [0.1, 0.15) is 5.58 Å². The number of nitrogens with one attached hydrogen (secondary N) is 1. The lowest BCUT2D eigenvalue weighted by Gasteiger charge is -2.17. The smallest absolute Gasteiger partial charge is 0.407 e. The van der Waals surface area contributed by atoms with Gasteiger partial charge in [0, 0.05) is 43.1 Å². The molecule has 5 rings (SSSR count). The molecule has 2 aliphatic rings. The van der Waals surface area contributed by atoms with E-state index in [2.05, 4.69) is 5.32 Å². The van der Waals surface area contributed by atoms with Crippen molar-refractivity contribution in [1.82, 2.24) is 10.2 Å². The van der Waals surface area contributed by atoms with Crippen LogP contribution in [0.3, 0.4) is 0 Å². The van der Waals surface area contributed by atoms with E-state index in [-0.39, 0.29) is 23.2 Å². The van der Waals surface area contributed by atoms with Crippen molar-refractivity contribution in [3.63, 3.8) is 0 Å². The Kier molecular flexibility index (Phi) is 3.91. The van der Waals surface area contributed by atoms with Crippen LogP contribution in [0.25, 0.3) is 22.1 Å². The molecule has 2 atom stereocenters. The number of carbonyl (C=O) groups is 2. The van der Waals surface area contributed by atoms with E-state index in [0.717, 1.165) is 16.7 Å². The van der Waals surface area contributed by atoms with Crippen LogP contribution in [0.5, 0.6) is 0 Å². The number of likely N-dealkylation sites (tertiary alicyclic amines) is 1. The molecule has 2 aromatic carbocycles. The van der Waals surface area contributed by atoms with Crippen LogP contribution in [0.4, 0.5) is 4.79 Å². The Balaban J connectivity index is 1.59. The van der Waals surface area contributed by atoms with Gasteiger partial charge in [-0.25, -0.2) is 4.79 Å². The van der Waals surface area contributed by atoms with Crippen LogP contribution in [0, 0.1) is 5.92 Å². The predicted molar refractivity (Wildman–Crippen MR) is 106 cm³/mol. The van der Waals surface area contributed by atoms with Crippen LogP contribution in [0.2, 0.25) is 0 Å². The van der Waals surface area contributed by atoms with E-state index in [9.17, 15) is 19.5 Å². The molecule has 1 aromatic heterocycles. The number of hydrogen-bond donors (Lipinski definition) is 2. The van der Waals surface area contributed by atoms with Gasteiger partial charge in [-0.2, -0.15) is 0 Å². The number of carbonyl (C=O) groups excluding carboxylic acids is 1. The average molecular weight is 390 g/mol. The first-order chi connectivity index (χ1) is 14.0. The summed E-state index contributed by atoms with van der Waals surface area (Å²) in [5.74, 6) is -0.108. The summed E-state index contributed by atoms with van der Waals surface area (Å²) in [4.78, 5) is 37.6. The number of benzene rings is 2. The number of carboxylic acid groups (broad SMARTS) is 1. The summed E-state index contributed by atoms with van der Waals surface area (Å²) in [6.45, 7) is 1.26. The van der Waals surface area contributed by atoms with Crippen molar-refractivity contribution in [1.29, 1.82) is 0 Å². The Morgan fingerprint density at radius 1 is 1.07 bits per heavy atom. The molecule has 7 nitrogen and oxygen atoms in total. The van der Waals surface area contributed by atoms with E-state index in [0.29, 0.717) is 36.2 Å². The molecule has 0 radical (unpaired) electrons. The highest BCUT2D eigenvalue weighted by atomic mass is 16.4. The molecule has 3 heterocycles. The van der Waals surface area contributed by atoms with Gasteiger partial charge in [-0.3, -0.25) is 9.59 Å². The number of nitrogens with zero attached hydrogens (tertiary/aromatic N) is 1. The first kappa shape index (κ1) is 17.5. The molecule has 0 bridgehead atoms. The molecule has 0 spiro atoms. The summed E-state index contributed by atoms with van der Waals surface area (Å²) in [6, 6.07) is 12.4. The monoisotopic (exact) mass is 390 g/mol. The third kappa shape index (κ3) is 2.86. The number of amides is 2. The summed E-state index contributed by atoms with van der Waals surface area (Å²) >= 11 is 0. The molecule has 2 amide bonds. The summed E-state index contributed by atoms with van der Waals surface area (Å²) in [5, 5.41) is 12.7. The Morgan fingerprint density at radius 2 is 1.86 bits per heavy atom. The van der Waals surface area contributed by atoms with Crippen LogP contribution in [0.15, 0.2) is 57.9 Å². The van der Waals surface area contributed by atoms with Crippen LogP contribution in [-0.4, -0.2) is 41.6 Å². The van der Waals surface area contributed by atoms with E-state index >= 15 is 0 Å². The Labute approximate surface area is 165 Å². The minimum Gasteiger partial charge on any atom is -0.465 e. The van der Waals surface area contributed by atoms with E-state index in [1.54, 1.807) is 12.1 Å². The molecule has 0 unspecified atom stereocenters. The van der Waals surface area contributed by atoms with Crippen molar-refractivity contribution in [2.24, 2.45) is 5.92 Å². The molecule has 2 N–H and O–H groups in total. The van der Waals surface area contributed by atoms with Crippen molar-refractivity contribution in [3.05, 3.63) is 70.1 Å². The highest BCUT2D eigenvalue weighted by Gasteiger charge is 2.39. The minimum atomic E-state index is -0.933. The molecule has 146 valence electrons. The summed E-state index contributed by atoms with van der Waals surface area (Å²) in [6.07, 6.45) is 0.438. The third-order valence-corrected chi connectivity index (χ3v) is 5.93. The van der Waals surface area contributed by atoms with Crippen molar-refractivity contribution < 1.29 is 19.1 Å². The highest BCUT2D eigenvalue weighted by molar-refractivity contribution is 5.98. The maximum atomic E-state index is 12.7. The summed E-state index contributed by atoms with van der Waals surface area (Å²) < 4.78 is 5.37. The molecule has 3 aromatic rings. The Morgan fingerprint density at radius 3 is 2.69 bits per heavy atom. The quantitative estimate of drug-likeness (QED) is 0.666. The molecule has 0 saturated carbocycles. The number of rotatable bonds is 1. The van der Waals surface area contributed by atoms with Crippen molar-refractivity contribution in [2.75, 3.05) is 19.6 Å². The number of hydrogen-bond acceptors (Lipinski definition) is 4. The number of fused-ring (bicyclic) bond motifs is 4. The van der Waals surface area contributed by atoms with Crippen LogP contribution >= 0.6 is 0 Å². The van der Waals surface area contributed by atoms with Crippen molar-refractivity contribution >= 4 is 23.0 Å². The third-order valence-electron chi connectivity index (χ3n) is 5.93. The van der Waals surface area contributed by atoms with Gasteiger partial charge in [-0.05, 0) is 34.9 Å². The van der Waals surface area contributed by atoms with Crippen molar-refractivity contribution in [2.45, 2.75) is 5.92 Å². The zero-order valence-electron chi connectivity index (χ0n) is 15.4. The van der Waals surface area contributed by atoms with E-state index in [1.807, 2.05) is 24.3 Å². The molecule has 1 fully saturated rings. The fourth-order valence-electron chi connectivity index (χ4n) is 4.43. The molecule has 0 aliphatic carbocycles. The van der Waals surface area contributed by atoms with Gasteiger partial charge in [0.25, 0.3) is 5.91 Å². The van der Waals surface area contributed by atoms with Crippen LogP contribution in [-0.2, 0) is 0 Å². The maximum Gasteiger partial charge on any atom is 0.407 e. The Hall–Kier alpha value is -3.61. The summed E-state index contributed by atoms with van der Waals surface area (Å²) in [7, 11) is 0. The van der Waals surface area contributed by atoms with Crippen LogP contribution < -0.4 is 10.7 Å². The lowest BCUT2D eigenvalue weighted by molar-refractivity contribution is 0.0951. The fourth-order valence-corrected chi connectivity index (χ4v) is 4.43. The second-order valence-electron chi connectivity index (χ2n) is 7.56.